The van der Waals surface area contributed by atoms with Crippen LogP contribution in [-0.4, -0.2) is 42.1 Å². The summed E-state index contributed by atoms with van der Waals surface area (Å²) in [6, 6.07) is 3.38. The van der Waals surface area contributed by atoms with E-state index in [1.54, 1.807) is 6.07 Å². The Balaban J connectivity index is 1.60. The number of aromatic nitrogens is 1. The Kier molecular flexibility index (Phi) is 7.36. The number of hydrogen-bond donors (Lipinski definition) is 2. The summed E-state index contributed by atoms with van der Waals surface area (Å²) in [7, 11) is 0. The molecule has 1 unspecified atom stereocenters. The lowest BCUT2D eigenvalue weighted by atomic mass is 9.90. The van der Waals surface area contributed by atoms with Crippen molar-refractivity contribution in [2.75, 3.05) is 0 Å². The second-order valence-corrected chi connectivity index (χ2v) is 7.80. The quantitative estimate of drug-likeness (QED) is 0.600. The molecular formula is C20H22ClF4N3O2. The van der Waals surface area contributed by atoms with Crippen LogP contribution in [0.15, 0.2) is 24.4 Å². The monoisotopic (exact) mass is 447 g/mol. The van der Waals surface area contributed by atoms with Crippen molar-refractivity contribution in [3.63, 3.8) is 0 Å². The molecule has 1 aromatic heterocycles. The number of pyridine rings is 1. The standard InChI is InChI=1S/C20H22ClF4N3O2/c1-10(18(22)23)27-13-2-4-14(5-3-13)28-19(29)12-6-11-7-15(21)17(30-20(24)25)8-16(11)26-9-12/h6-10,13-14,18,20,27H,2-5H2,1H3,(H,28,29). The number of alkyl halides is 4. The first-order valence-corrected chi connectivity index (χ1v) is 10.00. The second kappa shape index (κ2) is 9.78. The molecule has 0 aliphatic heterocycles. The molecule has 0 bridgehead atoms. The summed E-state index contributed by atoms with van der Waals surface area (Å²) in [4.78, 5) is 16.7. The van der Waals surface area contributed by atoms with E-state index < -0.39 is 19.1 Å². The third-order valence-corrected chi connectivity index (χ3v) is 5.45. The lowest BCUT2D eigenvalue weighted by molar-refractivity contribution is -0.0497. The van der Waals surface area contributed by atoms with Gasteiger partial charge in [-0.05, 0) is 44.7 Å². The average Bonchev–Trinajstić information content (AvgIpc) is 2.69. The summed E-state index contributed by atoms with van der Waals surface area (Å²) in [6.45, 7) is -1.55. The molecule has 0 spiro atoms. The van der Waals surface area contributed by atoms with Crippen LogP contribution >= 0.6 is 11.6 Å². The maximum absolute atomic E-state index is 12.7. The molecule has 1 fully saturated rings. The van der Waals surface area contributed by atoms with Crippen LogP contribution in [0.1, 0.15) is 43.0 Å². The number of carbonyl (C=O) groups is 1. The van der Waals surface area contributed by atoms with Gasteiger partial charge in [-0.2, -0.15) is 8.78 Å². The van der Waals surface area contributed by atoms with E-state index >= 15 is 0 Å². The molecule has 2 N–H and O–H groups in total. The van der Waals surface area contributed by atoms with E-state index in [2.05, 4.69) is 20.4 Å². The smallest absolute Gasteiger partial charge is 0.387 e. The van der Waals surface area contributed by atoms with Crippen LogP contribution in [0.25, 0.3) is 10.9 Å². The maximum Gasteiger partial charge on any atom is 0.387 e. The SMILES string of the molecule is CC(NC1CCC(NC(=O)c2cnc3cc(OC(F)F)c(Cl)cc3c2)CC1)C(F)F. The first kappa shape index (κ1) is 22.6. The minimum absolute atomic E-state index is 0.00833. The number of ether oxygens (including phenoxy) is 1. The van der Waals surface area contributed by atoms with Crippen molar-refractivity contribution in [3.8, 4) is 5.75 Å². The Morgan fingerprint density at radius 2 is 1.80 bits per heavy atom. The van der Waals surface area contributed by atoms with Crippen molar-refractivity contribution >= 4 is 28.4 Å². The minimum Gasteiger partial charge on any atom is -0.433 e. The Morgan fingerprint density at radius 3 is 2.43 bits per heavy atom. The molecule has 30 heavy (non-hydrogen) atoms. The highest BCUT2D eigenvalue weighted by molar-refractivity contribution is 6.32. The largest absolute Gasteiger partial charge is 0.433 e. The molecule has 1 amide bonds. The zero-order chi connectivity index (χ0) is 21.8. The molecule has 1 aliphatic carbocycles. The Bertz CT molecular complexity index is 892. The summed E-state index contributed by atoms with van der Waals surface area (Å²) in [5.74, 6) is -0.499. The molecule has 164 valence electrons. The minimum atomic E-state index is -3.01. The van der Waals surface area contributed by atoms with E-state index in [1.165, 1.54) is 25.3 Å². The van der Waals surface area contributed by atoms with Crippen LogP contribution < -0.4 is 15.4 Å². The molecule has 1 atom stereocenters. The number of carbonyl (C=O) groups excluding carboxylic acids is 1. The van der Waals surface area contributed by atoms with Crippen molar-refractivity contribution in [3.05, 3.63) is 35.0 Å². The first-order chi connectivity index (χ1) is 14.2. The van der Waals surface area contributed by atoms with Crippen molar-refractivity contribution in [1.82, 2.24) is 15.6 Å². The third-order valence-electron chi connectivity index (χ3n) is 5.15. The van der Waals surface area contributed by atoms with Gasteiger partial charge in [-0.3, -0.25) is 9.78 Å². The van der Waals surface area contributed by atoms with Crippen molar-refractivity contribution in [2.45, 2.75) is 63.8 Å². The van der Waals surface area contributed by atoms with E-state index in [0.29, 0.717) is 42.1 Å². The fourth-order valence-corrected chi connectivity index (χ4v) is 3.77. The van der Waals surface area contributed by atoms with Crippen LogP contribution in [0, 0.1) is 0 Å². The normalized spacial score (nSPS) is 20.5. The van der Waals surface area contributed by atoms with Gasteiger partial charge < -0.3 is 15.4 Å². The molecule has 1 heterocycles. The van der Waals surface area contributed by atoms with Crippen molar-refractivity contribution < 1.29 is 27.1 Å². The van der Waals surface area contributed by atoms with E-state index in [9.17, 15) is 22.4 Å². The lowest BCUT2D eigenvalue weighted by Crippen LogP contribution is -2.46. The number of amides is 1. The van der Waals surface area contributed by atoms with Gasteiger partial charge in [-0.1, -0.05) is 11.6 Å². The fourth-order valence-electron chi connectivity index (χ4n) is 3.56. The lowest BCUT2D eigenvalue weighted by Gasteiger charge is -2.31. The van der Waals surface area contributed by atoms with Crippen LogP contribution in [-0.2, 0) is 0 Å². The number of fused-ring (bicyclic) bond motifs is 1. The zero-order valence-corrected chi connectivity index (χ0v) is 16.9. The van der Waals surface area contributed by atoms with E-state index in [-0.39, 0.29) is 28.8 Å². The summed E-state index contributed by atoms with van der Waals surface area (Å²) in [5.41, 5.74) is 0.680. The molecule has 0 saturated heterocycles. The highest BCUT2D eigenvalue weighted by Gasteiger charge is 2.26. The number of nitrogens with one attached hydrogen (secondary N) is 2. The highest BCUT2D eigenvalue weighted by Crippen LogP contribution is 2.31. The van der Waals surface area contributed by atoms with Gasteiger partial charge >= 0.3 is 6.61 Å². The summed E-state index contributed by atoms with van der Waals surface area (Å²) in [5, 5.41) is 6.37. The van der Waals surface area contributed by atoms with E-state index in [4.69, 9.17) is 11.6 Å². The zero-order valence-electron chi connectivity index (χ0n) is 16.2. The molecule has 0 radical (unpaired) electrons. The van der Waals surface area contributed by atoms with Gasteiger partial charge in [0.25, 0.3) is 12.3 Å². The molecule has 3 rings (SSSR count). The predicted molar refractivity (Wildman–Crippen MR) is 105 cm³/mol. The van der Waals surface area contributed by atoms with Gasteiger partial charge in [0.2, 0.25) is 0 Å². The van der Waals surface area contributed by atoms with Crippen molar-refractivity contribution in [2.24, 2.45) is 0 Å². The Morgan fingerprint density at radius 1 is 1.13 bits per heavy atom. The summed E-state index contributed by atoms with van der Waals surface area (Å²) >= 11 is 5.96. The number of halogens is 5. The predicted octanol–water partition coefficient (Wildman–Crippen LogP) is 4.77. The number of nitrogens with zero attached hydrogens (tertiary/aromatic N) is 1. The number of rotatable bonds is 7. The summed E-state index contributed by atoms with van der Waals surface area (Å²) < 4.78 is 54.5. The molecular weight excluding hydrogens is 426 g/mol. The van der Waals surface area contributed by atoms with Gasteiger partial charge in [0.1, 0.15) is 5.75 Å². The second-order valence-electron chi connectivity index (χ2n) is 7.39. The van der Waals surface area contributed by atoms with Crippen LogP contribution in [0.4, 0.5) is 17.6 Å². The highest BCUT2D eigenvalue weighted by atomic mass is 35.5. The van der Waals surface area contributed by atoms with Crippen LogP contribution in [0.3, 0.4) is 0 Å². The van der Waals surface area contributed by atoms with E-state index in [0.717, 1.165) is 0 Å². The molecule has 2 aromatic rings. The van der Waals surface area contributed by atoms with Gasteiger partial charge in [-0.15, -0.1) is 0 Å². The molecule has 1 aliphatic rings. The molecule has 1 aromatic carbocycles. The molecule has 5 nitrogen and oxygen atoms in total. The van der Waals surface area contributed by atoms with Gasteiger partial charge in [0.15, 0.2) is 0 Å². The van der Waals surface area contributed by atoms with Gasteiger partial charge in [0.05, 0.1) is 22.1 Å². The van der Waals surface area contributed by atoms with Crippen LogP contribution in [0.2, 0.25) is 5.02 Å². The maximum atomic E-state index is 12.7. The van der Waals surface area contributed by atoms with E-state index in [1.807, 2.05) is 0 Å². The third kappa shape index (κ3) is 5.72. The molecule has 10 heteroatoms. The van der Waals surface area contributed by atoms with Gasteiger partial charge in [-0.25, -0.2) is 8.78 Å². The Labute approximate surface area is 176 Å². The molecule has 1 saturated carbocycles. The topological polar surface area (TPSA) is 63.2 Å². The van der Waals surface area contributed by atoms with Crippen LogP contribution in [0.5, 0.6) is 5.75 Å². The average molecular weight is 448 g/mol. The van der Waals surface area contributed by atoms with Gasteiger partial charge in [0, 0.05) is 29.7 Å². The fraction of sp³-hybridized carbons (Fsp3) is 0.500. The first-order valence-electron chi connectivity index (χ1n) is 9.62. The Hall–Kier alpha value is -2.13. The van der Waals surface area contributed by atoms with Crippen molar-refractivity contribution in [1.29, 1.82) is 0 Å². The number of hydrogen-bond acceptors (Lipinski definition) is 4. The summed E-state index contributed by atoms with van der Waals surface area (Å²) in [6.07, 6.45) is 1.70. The number of benzene rings is 1.